The number of aliphatic hydroxyl groups excluding tert-OH is 1. The predicted molar refractivity (Wildman–Crippen MR) is 58.4 cm³/mol. The number of nitrogens with zero attached hydrogens (tertiary/aromatic N) is 2. The van der Waals surface area contributed by atoms with Crippen molar-refractivity contribution in [1.82, 2.24) is 9.78 Å². The monoisotopic (exact) mass is 202 g/mol. The second-order valence-electron chi connectivity index (χ2n) is 3.57. The van der Waals surface area contributed by atoms with Crippen LogP contribution in [0.2, 0.25) is 0 Å². The van der Waals surface area contributed by atoms with Crippen molar-refractivity contribution in [3.63, 3.8) is 0 Å². The van der Waals surface area contributed by atoms with Crippen LogP contribution < -0.4 is 0 Å². The molecule has 1 N–H and O–H groups in total. The van der Waals surface area contributed by atoms with E-state index in [1.54, 1.807) is 10.9 Å². The molecular formula is C12H14N2O. The van der Waals surface area contributed by atoms with Gasteiger partial charge in [0.05, 0.1) is 12.6 Å². The van der Waals surface area contributed by atoms with Crippen molar-refractivity contribution in [3.8, 4) is 0 Å². The quantitative estimate of drug-likeness (QED) is 0.815. The van der Waals surface area contributed by atoms with E-state index in [2.05, 4.69) is 5.10 Å². The lowest BCUT2D eigenvalue weighted by Crippen LogP contribution is -2.18. The summed E-state index contributed by atoms with van der Waals surface area (Å²) < 4.78 is 1.74. The molecule has 0 spiro atoms. The third-order valence-electron chi connectivity index (χ3n) is 2.27. The highest BCUT2D eigenvalue weighted by molar-refractivity contribution is 5.15. The molecule has 1 aromatic heterocycles. The van der Waals surface area contributed by atoms with Crippen LogP contribution in [0.5, 0.6) is 0 Å². The minimum Gasteiger partial charge on any atom is -0.391 e. The Morgan fingerprint density at radius 1 is 1.20 bits per heavy atom. The molecule has 1 aromatic carbocycles. The molecule has 3 nitrogen and oxygen atoms in total. The maximum atomic E-state index is 9.81. The Kier molecular flexibility index (Phi) is 3.15. The smallest absolute Gasteiger partial charge is 0.0776 e. The van der Waals surface area contributed by atoms with E-state index in [1.165, 1.54) is 0 Å². The summed E-state index contributed by atoms with van der Waals surface area (Å²) >= 11 is 0. The highest BCUT2D eigenvalue weighted by Gasteiger charge is 2.05. The molecule has 0 saturated carbocycles. The van der Waals surface area contributed by atoms with Crippen molar-refractivity contribution in [2.75, 3.05) is 0 Å². The fourth-order valence-electron chi connectivity index (χ4n) is 1.58. The van der Waals surface area contributed by atoms with Crippen LogP contribution in [0.3, 0.4) is 0 Å². The maximum Gasteiger partial charge on any atom is 0.0776 e. The van der Waals surface area contributed by atoms with Crippen molar-refractivity contribution in [2.45, 2.75) is 19.1 Å². The van der Waals surface area contributed by atoms with Crippen LogP contribution >= 0.6 is 0 Å². The number of aliphatic hydroxyl groups is 1. The van der Waals surface area contributed by atoms with Crippen LogP contribution in [-0.4, -0.2) is 21.0 Å². The summed E-state index contributed by atoms with van der Waals surface area (Å²) in [6.45, 7) is 0.544. The van der Waals surface area contributed by atoms with Gasteiger partial charge in [-0.05, 0) is 11.6 Å². The summed E-state index contributed by atoms with van der Waals surface area (Å²) in [6, 6.07) is 11.8. The van der Waals surface area contributed by atoms with Gasteiger partial charge in [0.2, 0.25) is 0 Å². The van der Waals surface area contributed by atoms with E-state index in [-0.39, 0.29) is 6.10 Å². The van der Waals surface area contributed by atoms with Crippen LogP contribution in [0.25, 0.3) is 0 Å². The van der Waals surface area contributed by atoms with E-state index in [1.807, 2.05) is 42.6 Å². The molecule has 0 aliphatic rings. The van der Waals surface area contributed by atoms with Crippen molar-refractivity contribution >= 4 is 0 Å². The molecule has 1 atom stereocenters. The Labute approximate surface area is 89.0 Å². The summed E-state index contributed by atoms with van der Waals surface area (Å²) in [5.74, 6) is 0. The summed E-state index contributed by atoms with van der Waals surface area (Å²) in [7, 11) is 0. The van der Waals surface area contributed by atoms with Crippen LogP contribution in [-0.2, 0) is 13.0 Å². The standard InChI is InChI=1S/C12H14N2O/c15-12(10-14-8-4-7-13-14)9-11-5-2-1-3-6-11/h1-8,12,15H,9-10H2. The zero-order chi connectivity index (χ0) is 10.5. The molecule has 0 fully saturated rings. The molecule has 0 aliphatic carbocycles. The average Bonchev–Trinajstić information content (AvgIpc) is 2.71. The molecule has 0 aliphatic heterocycles. The minimum absolute atomic E-state index is 0.382. The first-order valence-electron chi connectivity index (χ1n) is 5.04. The highest BCUT2D eigenvalue weighted by atomic mass is 16.3. The zero-order valence-electron chi connectivity index (χ0n) is 8.45. The lowest BCUT2D eigenvalue weighted by Gasteiger charge is -2.10. The SMILES string of the molecule is OC(Cc1ccccc1)Cn1cccn1. The van der Waals surface area contributed by atoms with Crippen LogP contribution in [0, 0.1) is 0 Å². The second-order valence-corrected chi connectivity index (χ2v) is 3.57. The van der Waals surface area contributed by atoms with Crippen molar-refractivity contribution in [2.24, 2.45) is 0 Å². The van der Waals surface area contributed by atoms with E-state index >= 15 is 0 Å². The molecule has 15 heavy (non-hydrogen) atoms. The lowest BCUT2D eigenvalue weighted by atomic mass is 10.1. The molecule has 2 rings (SSSR count). The van der Waals surface area contributed by atoms with Gasteiger partial charge in [0.15, 0.2) is 0 Å². The minimum atomic E-state index is -0.382. The van der Waals surface area contributed by atoms with Gasteiger partial charge in [0.1, 0.15) is 0 Å². The van der Waals surface area contributed by atoms with Crippen LogP contribution in [0.15, 0.2) is 48.8 Å². The highest BCUT2D eigenvalue weighted by Crippen LogP contribution is 2.04. The Balaban J connectivity index is 1.90. The molecule has 2 aromatic rings. The summed E-state index contributed by atoms with van der Waals surface area (Å²) in [5, 5.41) is 13.9. The molecule has 78 valence electrons. The third kappa shape index (κ3) is 2.92. The van der Waals surface area contributed by atoms with Crippen LogP contribution in [0.1, 0.15) is 5.56 Å². The zero-order valence-corrected chi connectivity index (χ0v) is 8.45. The summed E-state index contributed by atoms with van der Waals surface area (Å²) in [4.78, 5) is 0. The molecule has 1 unspecified atom stereocenters. The lowest BCUT2D eigenvalue weighted by molar-refractivity contribution is 0.149. The Morgan fingerprint density at radius 2 is 2.00 bits per heavy atom. The molecule has 0 amide bonds. The van der Waals surface area contributed by atoms with Gasteiger partial charge in [-0.25, -0.2) is 0 Å². The molecule has 3 heteroatoms. The number of rotatable bonds is 4. The van der Waals surface area contributed by atoms with Crippen molar-refractivity contribution in [3.05, 3.63) is 54.4 Å². The first kappa shape index (κ1) is 9.93. The van der Waals surface area contributed by atoms with Gasteiger partial charge < -0.3 is 5.11 Å². The summed E-state index contributed by atoms with van der Waals surface area (Å²) in [5.41, 5.74) is 1.15. The number of hydrogen-bond acceptors (Lipinski definition) is 2. The number of aromatic nitrogens is 2. The van der Waals surface area contributed by atoms with Gasteiger partial charge in [-0.15, -0.1) is 0 Å². The number of benzene rings is 1. The second kappa shape index (κ2) is 4.75. The molecular weight excluding hydrogens is 188 g/mol. The third-order valence-corrected chi connectivity index (χ3v) is 2.27. The van der Waals surface area contributed by atoms with Gasteiger partial charge in [-0.3, -0.25) is 4.68 Å². The Morgan fingerprint density at radius 3 is 2.67 bits per heavy atom. The van der Waals surface area contributed by atoms with Gasteiger partial charge in [-0.1, -0.05) is 30.3 Å². The molecule has 0 saturated heterocycles. The van der Waals surface area contributed by atoms with Crippen molar-refractivity contribution in [1.29, 1.82) is 0 Å². The van der Waals surface area contributed by atoms with E-state index in [9.17, 15) is 5.11 Å². The van der Waals surface area contributed by atoms with Crippen molar-refractivity contribution < 1.29 is 5.11 Å². The normalized spacial score (nSPS) is 12.6. The van der Waals surface area contributed by atoms with E-state index in [4.69, 9.17) is 0 Å². The van der Waals surface area contributed by atoms with Gasteiger partial charge in [0, 0.05) is 18.8 Å². The summed E-state index contributed by atoms with van der Waals surface area (Å²) in [6.07, 6.45) is 3.86. The first-order valence-corrected chi connectivity index (χ1v) is 5.04. The van der Waals surface area contributed by atoms with Gasteiger partial charge in [-0.2, -0.15) is 5.10 Å². The van der Waals surface area contributed by atoms with E-state index in [0.717, 1.165) is 5.56 Å². The molecule has 1 heterocycles. The van der Waals surface area contributed by atoms with E-state index in [0.29, 0.717) is 13.0 Å². The largest absolute Gasteiger partial charge is 0.391 e. The average molecular weight is 202 g/mol. The molecule has 0 radical (unpaired) electrons. The molecule has 0 bridgehead atoms. The van der Waals surface area contributed by atoms with Crippen LogP contribution in [0.4, 0.5) is 0 Å². The van der Waals surface area contributed by atoms with E-state index < -0.39 is 0 Å². The fourth-order valence-corrected chi connectivity index (χ4v) is 1.58. The van der Waals surface area contributed by atoms with Gasteiger partial charge >= 0.3 is 0 Å². The fraction of sp³-hybridized carbons (Fsp3) is 0.250. The number of hydrogen-bond donors (Lipinski definition) is 1. The Bertz CT molecular complexity index is 383. The maximum absolute atomic E-state index is 9.81. The first-order chi connectivity index (χ1) is 7.34. The Hall–Kier alpha value is -1.61. The predicted octanol–water partition coefficient (Wildman–Crippen LogP) is 1.49. The topological polar surface area (TPSA) is 38.0 Å². The van der Waals surface area contributed by atoms with Gasteiger partial charge in [0.25, 0.3) is 0 Å².